The van der Waals surface area contributed by atoms with Crippen LogP contribution in [0.2, 0.25) is 5.02 Å². The van der Waals surface area contributed by atoms with Gasteiger partial charge in [0.2, 0.25) is 10.0 Å². The highest BCUT2D eigenvalue weighted by Crippen LogP contribution is 2.33. The molecular formula is C22H21ClFN3O5S. The monoisotopic (exact) mass is 493 g/mol. The molecule has 174 valence electrons. The number of nitrogens with zero attached hydrogens (tertiary/aromatic N) is 2. The molecule has 0 spiro atoms. The van der Waals surface area contributed by atoms with Crippen LogP contribution in [0, 0.1) is 12.7 Å². The molecule has 1 aromatic heterocycles. The van der Waals surface area contributed by atoms with Crippen LogP contribution < -0.4 is 5.32 Å². The third-order valence-corrected chi connectivity index (χ3v) is 7.50. The van der Waals surface area contributed by atoms with E-state index >= 15 is 0 Å². The van der Waals surface area contributed by atoms with Crippen LogP contribution in [0.1, 0.15) is 21.7 Å². The lowest BCUT2D eigenvalue weighted by Crippen LogP contribution is -2.40. The lowest BCUT2D eigenvalue weighted by atomic mass is 10.0. The Hall–Kier alpha value is -2.79. The summed E-state index contributed by atoms with van der Waals surface area (Å²) in [7, 11) is -3.60. The second-order valence-corrected chi connectivity index (χ2v) is 9.75. The molecule has 0 saturated carbocycles. The van der Waals surface area contributed by atoms with Gasteiger partial charge < -0.3 is 14.6 Å². The van der Waals surface area contributed by atoms with Crippen molar-refractivity contribution in [3.8, 4) is 11.3 Å². The minimum atomic E-state index is -3.60. The number of carbonyl (C=O) groups excluding carboxylic acids is 1. The smallest absolute Gasteiger partial charge is 0.257 e. The van der Waals surface area contributed by atoms with Gasteiger partial charge in [0.1, 0.15) is 22.8 Å². The minimum Gasteiger partial charge on any atom is -0.379 e. The van der Waals surface area contributed by atoms with Crippen molar-refractivity contribution in [2.24, 2.45) is 0 Å². The van der Waals surface area contributed by atoms with Gasteiger partial charge in [-0.1, -0.05) is 35.0 Å². The molecule has 11 heteroatoms. The summed E-state index contributed by atoms with van der Waals surface area (Å²) in [5, 5.41) is 6.66. The first-order valence-electron chi connectivity index (χ1n) is 10.1. The van der Waals surface area contributed by atoms with Gasteiger partial charge in [0.25, 0.3) is 5.91 Å². The van der Waals surface area contributed by atoms with Gasteiger partial charge in [-0.3, -0.25) is 4.79 Å². The second kappa shape index (κ2) is 9.60. The maximum Gasteiger partial charge on any atom is 0.257 e. The van der Waals surface area contributed by atoms with E-state index in [0.717, 1.165) is 0 Å². The van der Waals surface area contributed by atoms with Crippen molar-refractivity contribution in [3.63, 3.8) is 0 Å². The summed E-state index contributed by atoms with van der Waals surface area (Å²) in [6, 6.07) is 10.4. The Morgan fingerprint density at radius 3 is 2.55 bits per heavy atom. The molecule has 0 atom stereocenters. The molecule has 33 heavy (non-hydrogen) atoms. The fourth-order valence-electron chi connectivity index (χ4n) is 3.52. The van der Waals surface area contributed by atoms with Crippen molar-refractivity contribution in [3.05, 3.63) is 70.2 Å². The molecule has 4 rings (SSSR count). The Kier molecular flexibility index (Phi) is 6.80. The zero-order chi connectivity index (χ0) is 23.6. The number of nitrogens with one attached hydrogen (secondary N) is 1. The van der Waals surface area contributed by atoms with Crippen molar-refractivity contribution in [2.75, 3.05) is 26.3 Å². The van der Waals surface area contributed by atoms with E-state index in [1.54, 1.807) is 19.1 Å². The standard InChI is InChI=1S/C22H21ClFN3O5S/c1-14-19(21(26-32-14)20-17(23)3-2-4-18(20)24)22(28)25-13-15-5-7-16(8-6-15)33(29,30)27-9-11-31-12-10-27/h2-8H,9-13H2,1H3,(H,25,28). The number of hydrogen-bond acceptors (Lipinski definition) is 6. The second-order valence-electron chi connectivity index (χ2n) is 7.40. The fraction of sp³-hybridized carbons (Fsp3) is 0.273. The first-order valence-corrected chi connectivity index (χ1v) is 12.0. The van der Waals surface area contributed by atoms with Crippen LogP contribution in [0.15, 0.2) is 51.9 Å². The van der Waals surface area contributed by atoms with Crippen LogP contribution >= 0.6 is 11.6 Å². The lowest BCUT2D eigenvalue weighted by Gasteiger charge is -2.26. The SMILES string of the molecule is Cc1onc(-c2c(F)cccc2Cl)c1C(=O)NCc1ccc(S(=O)(=O)N2CCOCC2)cc1. The van der Waals surface area contributed by atoms with E-state index in [1.165, 1.54) is 34.6 Å². The van der Waals surface area contributed by atoms with E-state index in [-0.39, 0.29) is 39.0 Å². The van der Waals surface area contributed by atoms with Gasteiger partial charge in [-0.2, -0.15) is 4.31 Å². The summed E-state index contributed by atoms with van der Waals surface area (Å²) in [5.41, 5.74) is 0.760. The molecule has 3 aromatic rings. The number of sulfonamides is 1. The molecule has 0 unspecified atom stereocenters. The van der Waals surface area contributed by atoms with Crippen LogP contribution in [-0.4, -0.2) is 50.1 Å². The molecule has 1 aliphatic heterocycles. The van der Waals surface area contributed by atoms with Gasteiger partial charge >= 0.3 is 0 Å². The predicted octanol–water partition coefficient (Wildman–Crippen LogP) is 3.39. The molecule has 0 radical (unpaired) electrons. The number of carbonyl (C=O) groups is 1. The molecule has 1 amide bonds. The van der Waals surface area contributed by atoms with Crippen molar-refractivity contribution in [1.29, 1.82) is 0 Å². The Labute approximate surface area is 195 Å². The number of halogens is 2. The minimum absolute atomic E-state index is 0.0139. The molecule has 2 aromatic carbocycles. The van der Waals surface area contributed by atoms with Crippen molar-refractivity contribution < 1.29 is 26.9 Å². The van der Waals surface area contributed by atoms with E-state index in [9.17, 15) is 17.6 Å². The highest BCUT2D eigenvalue weighted by molar-refractivity contribution is 7.89. The van der Waals surface area contributed by atoms with E-state index in [1.807, 2.05) is 0 Å². The molecule has 8 nitrogen and oxygen atoms in total. The maximum atomic E-state index is 14.4. The average Bonchev–Trinajstić information content (AvgIpc) is 3.19. The van der Waals surface area contributed by atoms with Crippen LogP contribution in [0.4, 0.5) is 4.39 Å². The van der Waals surface area contributed by atoms with Crippen molar-refractivity contribution >= 4 is 27.5 Å². The van der Waals surface area contributed by atoms with Crippen LogP contribution in [0.5, 0.6) is 0 Å². The Morgan fingerprint density at radius 1 is 1.18 bits per heavy atom. The van der Waals surface area contributed by atoms with Crippen molar-refractivity contribution in [2.45, 2.75) is 18.4 Å². The van der Waals surface area contributed by atoms with E-state index in [0.29, 0.717) is 31.9 Å². The van der Waals surface area contributed by atoms with Gasteiger partial charge in [-0.15, -0.1) is 0 Å². The molecule has 1 aliphatic rings. The van der Waals surface area contributed by atoms with Crippen LogP contribution in [0.25, 0.3) is 11.3 Å². The quantitative estimate of drug-likeness (QED) is 0.564. The summed E-state index contributed by atoms with van der Waals surface area (Å²) in [4.78, 5) is 13.0. The number of benzene rings is 2. The molecule has 2 heterocycles. The molecule has 0 bridgehead atoms. The Bertz CT molecular complexity index is 1250. The number of morpholine rings is 1. The first kappa shape index (κ1) is 23.4. The number of aryl methyl sites for hydroxylation is 1. The molecule has 0 aliphatic carbocycles. The van der Waals surface area contributed by atoms with Crippen molar-refractivity contribution in [1.82, 2.24) is 14.8 Å². The summed E-state index contributed by atoms with van der Waals surface area (Å²) < 4.78 is 51.5. The molecular weight excluding hydrogens is 473 g/mol. The molecule has 1 N–H and O–H groups in total. The maximum absolute atomic E-state index is 14.4. The van der Waals surface area contributed by atoms with E-state index in [4.69, 9.17) is 20.9 Å². The lowest BCUT2D eigenvalue weighted by molar-refractivity contribution is 0.0730. The summed E-state index contributed by atoms with van der Waals surface area (Å²) in [6.45, 7) is 3.02. The molecule has 1 saturated heterocycles. The normalized spacial score (nSPS) is 14.9. The van der Waals surface area contributed by atoms with Gasteiger partial charge in [0.15, 0.2) is 0 Å². The molecule has 1 fully saturated rings. The summed E-state index contributed by atoms with van der Waals surface area (Å²) >= 11 is 6.12. The number of rotatable bonds is 6. The van der Waals surface area contributed by atoms with Gasteiger partial charge in [-0.05, 0) is 36.8 Å². The topological polar surface area (TPSA) is 102 Å². The Morgan fingerprint density at radius 2 is 1.88 bits per heavy atom. The highest BCUT2D eigenvalue weighted by Gasteiger charge is 2.27. The van der Waals surface area contributed by atoms with E-state index in [2.05, 4.69) is 10.5 Å². The Balaban J connectivity index is 1.49. The van der Waals surface area contributed by atoms with Gasteiger partial charge in [-0.25, -0.2) is 12.8 Å². The largest absolute Gasteiger partial charge is 0.379 e. The third kappa shape index (κ3) is 4.79. The van der Waals surface area contributed by atoms with Crippen LogP contribution in [-0.2, 0) is 21.3 Å². The first-order chi connectivity index (χ1) is 15.8. The third-order valence-electron chi connectivity index (χ3n) is 5.27. The van der Waals surface area contributed by atoms with Gasteiger partial charge in [0, 0.05) is 19.6 Å². The van der Waals surface area contributed by atoms with E-state index < -0.39 is 21.7 Å². The average molecular weight is 494 g/mol. The number of hydrogen-bond donors (Lipinski definition) is 1. The summed E-state index contributed by atoms with van der Waals surface area (Å²) in [6.07, 6.45) is 0. The zero-order valence-electron chi connectivity index (χ0n) is 17.7. The number of amides is 1. The number of aromatic nitrogens is 1. The summed E-state index contributed by atoms with van der Waals surface area (Å²) in [5.74, 6) is -0.927. The fourth-order valence-corrected chi connectivity index (χ4v) is 5.18. The van der Waals surface area contributed by atoms with Gasteiger partial charge in [0.05, 0.1) is 28.7 Å². The predicted molar refractivity (Wildman–Crippen MR) is 119 cm³/mol. The van der Waals surface area contributed by atoms with Crippen LogP contribution in [0.3, 0.4) is 0 Å². The zero-order valence-corrected chi connectivity index (χ0v) is 19.2. The highest BCUT2D eigenvalue weighted by atomic mass is 35.5. The number of ether oxygens (including phenoxy) is 1.